The second kappa shape index (κ2) is 16.5. The van der Waals surface area contributed by atoms with Crippen LogP contribution >= 0.6 is 31.9 Å². The van der Waals surface area contributed by atoms with Crippen LogP contribution < -0.4 is 9.47 Å². The van der Waals surface area contributed by atoms with Gasteiger partial charge in [-0.1, -0.05) is 92.5 Å². The first-order chi connectivity index (χ1) is 20.2. The molecule has 1 N–H and O–H groups in total. The number of aliphatic hydroxyl groups is 1. The monoisotopic (exact) mass is 698 g/mol. The third-order valence-electron chi connectivity index (χ3n) is 5.72. The number of ketones is 1. The molecule has 0 radical (unpaired) electrons. The lowest BCUT2D eigenvalue weighted by Crippen LogP contribution is -2.17. The molecule has 0 saturated heterocycles. The smallest absolute Gasteiger partial charge is 0.379 e. The highest BCUT2D eigenvalue weighted by Crippen LogP contribution is 2.30. The number of Topliss-reactive ketones (excluding diaryl/α,β-unsaturated/α-hetero) is 1. The van der Waals surface area contributed by atoms with E-state index in [9.17, 15) is 19.5 Å². The zero-order valence-corrected chi connectivity index (χ0v) is 26.0. The molecule has 0 saturated carbocycles. The van der Waals surface area contributed by atoms with Gasteiger partial charge in [0.15, 0.2) is 6.10 Å². The molecule has 1 atom stereocenters. The van der Waals surface area contributed by atoms with Crippen molar-refractivity contribution in [2.24, 2.45) is 0 Å². The molecule has 0 spiro atoms. The maximum absolute atomic E-state index is 12.0. The first-order valence-corrected chi connectivity index (χ1v) is 14.1. The summed E-state index contributed by atoms with van der Waals surface area (Å²) in [4.78, 5) is 34.9. The van der Waals surface area contributed by atoms with Gasteiger partial charge in [0.2, 0.25) is 0 Å². The van der Waals surface area contributed by atoms with Crippen molar-refractivity contribution in [2.75, 3.05) is 14.2 Å². The Balaban J connectivity index is 0.000000230. The van der Waals surface area contributed by atoms with Gasteiger partial charge in [-0.05, 0) is 47.5 Å². The van der Waals surface area contributed by atoms with Gasteiger partial charge in [0, 0.05) is 14.5 Å². The Kier molecular flexibility index (Phi) is 12.7. The predicted molar refractivity (Wildman–Crippen MR) is 163 cm³/mol. The molecule has 0 aromatic heterocycles. The number of esters is 2. The van der Waals surface area contributed by atoms with E-state index in [-0.39, 0.29) is 5.56 Å². The number of ether oxygens (including phenoxy) is 4. The highest BCUT2D eigenvalue weighted by atomic mass is 79.9. The number of halogens is 2. The molecule has 4 rings (SSSR count). The van der Waals surface area contributed by atoms with Gasteiger partial charge in [-0.15, -0.1) is 0 Å². The molecule has 0 aliphatic carbocycles. The lowest BCUT2D eigenvalue weighted by molar-refractivity contribution is -0.150. The average molecular weight is 700 g/mol. The Morgan fingerprint density at radius 2 is 1.19 bits per heavy atom. The third-order valence-corrected chi connectivity index (χ3v) is 6.71. The highest BCUT2D eigenvalue weighted by Gasteiger charge is 2.23. The zero-order chi connectivity index (χ0) is 30.5. The lowest BCUT2D eigenvalue weighted by atomic mass is 10.1. The molecule has 0 amide bonds. The number of hydrogen-bond donors (Lipinski definition) is 1. The Morgan fingerprint density at radius 1 is 0.690 bits per heavy atom. The highest BCUT2D eigenvalue weighted by molar-refractivity contribution is 9.10. The van der Waals surface area contributed by atoms with Crippen molar-refractivity contribution in [3.63, 3.8) is 0 Å². The average Bonchev–Trinajstić information content (AvgIpc) is 3.03. The fourth-order valence-electron chi connectivity index (χ4n) is 3.58. The molecule has 42 heavy (non-hydrogen) atoms. The summed E-state index contributed by atoms with van der Waals surface area (Å²) in [5.41, 5.74) is 2.51. The van der Waals surface area contributed by atoms with Crippen LogP contribution in [0.5, 0.6) is 11.5 Å². The molecule has 4 aromatic carbocycles. The second-order valence-electron chi connectivity index (χ2n) is 8.62. The standard InChI is InChI=1S/C16H15BrO4.C16H13BrO4/c2*1-20-16(19)15(18)13-9-12(17)7-8-14(13)21-10-11-5-3-2-4-6-11/h2-9,15,18H,10H2,1H3;2-9H,10H2,1H3/t15-;/m1./s1. The number of carbonyl (C=O) groups is 3. The van der Waals surface area contributed by atoms with Crippen molar-refractivity contribution in [3.8, 4) is 11.5 Å². The van der Waals surface area contributed by atoms with E-state index in [1.54, 1.807) is 36.4 Å². The normalized spacial score (nSPS) is 10.9. The number of methoxy groups -OCH3 is 2. The first kappa shape index (κ1) is 32.5. The van der Waals surface area contributed by atoms with Crippen molar-refractivity contribution in [1.29, 1.82) is 0 Å². The molecule has 4 aromatic rings. The fourth-order valence-corrected chi connectivity index (χ4v) is 4.32. The molecule has 0 fully saturated rings. The summed E-state index contributed by atoms with van der Waals surface area (Å²) >= 11 is 6.58. The Morgan fingerprint density at radius 3 is 1.71 bits per heavy atom. The van der Waals surface area contributed by atoms with Gasteiger partial charge >= 0.3 is 11.9 Å². The lowest BCUT2D eigenvalue weighted by Gasteiger charge is -2.15. The summed E-state index contributed by atoms with van der Waals surface area (Å²) in [5.74, 6) is -1.59. The summed E-state index contributed by atoms with van der Waals surface area (Å²) in [6.07, 6.45) is -1.38. The van der Waals surface area contributed by atoms with E-state index < -0.39 is 23.8 Å². The van der Waals surface area contributed by atoms with Gasteiger partial charge in [-0.2, -0.15) is 0 Å². The van der Waals surface area contributed by atoms with Gasteiger partial charge in [0.1, 0.15) is 24.7 Å². The summed E-state index contributed by atoms with van der Waals surface area (Å²) in [5, 5.41) is 10.0. The van der Waals surface area contributed by atoms with Crippen molar-refractivity contribution in [1.82, 2.24) is 0 Å². The molecular formula is C32H28Br2O8. The van der Waals surface area contributed by atoms with E-state index in [4.69, 9.17) is 9.47 Å². The molecule has 10 heteroatoms. The largest absolute Gasteiger partial charge is 0.489 e. The van der Waals surface area contributed by atoms with Crippen LogP contribution in [0, 0.1) is 0 Å². The molecule has 218 valence electrons. The van der Waals surface area contributed by atoms with Crippen molar-refractivity contribution < 1.29 is 38.4 Å². The van der Waals surface area contributed by atoms with Crippen LogP contribution in [0.3, 0.4) is 0 Å². The van der Waals surface area contributed by atoms with Gasteiger partial charge in [-0.3, -0.25) is 4.79 Å². The van der Waals surface area contributed by atoms with Crippen LogP contribution in [0.2, 0.25) is 0 Å². The zero-order valence-electron chi connectivity index (χ0n) is 22.8. The summed E-state index contributed by atoms with van der Waals surface area (Å²) in [7, 11) is 2.40. The Labute approximate surface area is 260 Å². The van der Waals surface area contributed by atoms with E-state index in [1.165, 1.54) is 14.2 Å². The summed E-state index contributed by atoms with van der Waals surface area (Å²) in [6.45, 7) is 0.660. The van der Waals surface area contributed by atoms with Crippen LogP contribution in [0.25, 0.3) is 0 Å². The van der Waals surface area contributed by atoms with Crippen molar-refractivity contribution in [2.45, 2.75) is 19.3 Å². The molecule has 0 bridgehead atoms. The molecule has 0 aliphatic rings. The maximum Gasteiger partial charge on any atom is 0.379 e. The molecule has 0 heterocycles. The van der Waals surface area contributed by atoms with E-state index in [2.05, 4.69) is 41.3 Å². The van der Waals surface area contributed by atoms with Crippen LogP contribution in [-0.4, -0.2) is 37.0 Å². The fraction of sp³-hybridized carbons (Fsp3) is 0.156. The Bertz CT molecular complexity index is 1490. The van der Waals surface area contributed by atoms with Gasteiger partial charge in [0.05, 0.1) is 19.8 Å². The van der Waals surface area contributed by atoms with Gasteiger partial charge in [0.25, 0.3) is 5.78 Å². The van der Waals surface area contributed by atoms with Crippen molar-refractivity contribution in [3.05, 3.63) is 128 Å². The molecule has 0 unspecified atom stereocenters. The third kappa shape index (κ3) is 9.54. The van der Waals surface area contributed by atoms with Crippen LogP contribution in [0.1, 0.15) is 33.2 Å². The first-order valence-electron chi connectivity index (χ1n) is 12.5. The summed E-state index contributed by atoms with van der Waals surface area (Å²) in [6, 6.07) is 29.3. The molecule has 0 aliphatic heterocycles. The van der Waals surface area contributed by atoms with Gasteiger partial charge < -0.3 is 24.1 Å². The number of aliphatic hydroxyl groups excluding tert-OH is 1. The van der Waals surface area contributed by atoms with E-state index in [0.717, 1.165) is 15.6 Å². The van der Waals surface area contributed by atoms with Crippen LogP contribution in [0.15, 0.2) is 106 Å². The minimum atomic E-state index is -1.38. The number of carbonyl (C=O) groups excluding carboxylic acids is 3. The van der Waals surface area contributed by atoms with Crippen LogP contribution in [0.4, 0.5) is 0 Å². The second-order valence-corrected chi connectivity index (χ2v) is 10.4. The number of hydrogen-bond acceptors (Lipinski definition) is 8. The van der Waals surface area contributed by atoms with Crippen LogP contribution in [-0.2, 0) is 32.3 Å². The van der Waals surface area contributed by atoms with E-state index in [0.29, 0.717) is 34.7 Å². The number of rotatable bonds is 10. The minimum Gasteiger partial charge on any atom is -0.489 e. The maximum atomic E-state index is 12.0. The molecule has 8 nitrogen and oxygen atoms in total. The quantitative estimate of drug-likeness (QED) is 0.112. The molecular weight excluding hydrogens is 672 g/mol. The Hall–Kier alpha value is -3.99. The van der Waals surface area contributed by atoms with E-state index in [1.807, 2.05) is 60.7 Å². The summed E-state index contributed by atoms with van der Waals surface area (Å²) < 4.78 is 21.8. The predicted octanol–water partition coefficient (Wildman–Crippen LogP) is 6.62. The topological polar surface area (TPSA) is 108 Å². The van der Waals surface area contributed by atoms with Crippen molar-refractivity contribution >= 4 is 49.6 Å². The van der Waals surface area contributed by atoms with Gasteiger partial charge in [-0.25, -0.2) is 9.59 Å². The van der Waals surface area contributed by atoms with E-state index >= 15 is 0 Å². The number of benzene rings is 4. The minimum absolute atomic E-state index is 0.173. The SMILES string of the molecule is COC(=O)C(=O)c1cc(Br)ccc1OCc1ccccc1.COC(=O)[C@H](O)c1cc(Br)ccc1OCc1ccccc1.